The third-order valence-electron chi connectivity index (χ3n) is 4.14. The molecule has 4 heteroatoms. The number of hydrogen-bond donors (Lipinski definition) is 2. The molecule has 128 valence electrons. The van der Waals surface area contributed by atoms with Crippen LogP contribution >= 0.6 is 0 Å². The lowest BCUT2D eigenvalue weighted by atomic mass is 10.1. The van der Waals surface area contributed by atoms with E-state index in [0.717, 1.165) is 17.8 Å². The molecule has 0 saturated heterocycles. The van der Waals surface area contributed by atoms with Gasteiger partial charge in [-0.05, 0) is 69.7 Å². The first-order chi connectivity index (χ1) is 11.4. The third kappa shape index (κ3) is 4.28. The van der Waals surface area contributed by atoms with Gasteiger partial charge in [0, 0.05) is 23.8 Å². The summed E-state index contributed by atoms with van der Waals surface area (Å²) in [5.41, 5.74) is 2.62. The van der Waals surface area contributed by atoms with Crippen molar-refractivity contribution in [3.63, 3.8) is 0 Å². The highest BCUT2D eigenvalue weighted by Crippen LogP contribution is 2.20. The van der Waals surface area contributed by atoms with Crippen molar-refractivity contribution in [3.8, 4) is 5.75 Å². The molecule has 24 heavy (non-hydrogen) atoms. The lowest BCUT2D eigenvalue weighted by molar-refractivity contribution is 0.0940. The molecule has 1 atom stereocenters. The quantitative estimate of drug-likeness (QED) is 0.839. The summed E-state index contributed by atoms with van der Waals surface area (Å²) in [5, 5.41) is 12.5. The number of nitrogens with one attached hydrogen (secondary N) is 1. The highest BCUT2D eigenvalue weighted by Gasteiger charge is 2.13. The molecule has 0 aromatic heterocycles. The van der Waals surface area contributed by atoms with E-state index in [2.05, 4.69) is 31.0 Å². The maximum Gasteiger partial charge on any atom is 0.251 e. The zero-order chi connectivity index (χ0) is 17.7. The molecule has 0 fully saturated rings. The number of carbonyl (C=O) groups excluding carboxylic acids is 1. The van der Waals surface area contributed by atoms with E-state index in [1.165, 1.54) is 0 Å². The van der Waals surface area contributed by atoms with Crippen LogP contribution < -0.4 is 10.2 Å². The number of phenolic OH excluding ortho intramolecular Hbond substituents is 1. The van der Waals surface area contributed by atoms with Crippen molar-refractivity contribution in [2.45, 2.75) is 39.8 Å². The highest BCUT2D eigenvalue weighted by molar-refractivity contribution is 5.94. The highest BCUT2D eigenvalue weighted by atomic mass is 16.3. The fraction of sp³-hybridized carbons (Fsp3) is 0.350. The molecule has 0 aliphatic rings. The molecule has 4 nitrogen and oxygen atoms in total. The lowest BCUT2D eigenvalue weighted by Crippen LogP contribution is -2.30. The zero-order valence-electron chi connectivity index (χ0n) is 14.8. The molecule has 2 aromatic rings. The molecule has 1 amide bonds. The van der Waals surface area contributed by atoms with E-state index in [9.17, 15) is 9.90 Å². The molecular formula is C20H26N2O2. The van der Waals surface area contributed by atoms with Crippen molar-refractivity contribution in [3.05, 3.63) is 59.7 Å². The minimum Gasteiger partial charge on any atom is -0.508 e. The Labute approximate surface area is 144 Å². The van der Waals surface area contributed by atoms with Crippen molar-refractivity contribution in [1.82, 2.24) is 5.32 Å². The summed E-state index contributed by atoms with van der Waals surface area (Å²) in [5.74, 6) is 0.0799. The smallest absolute Gasteiger partial charge is 0.251 e. The molecule has 0 spiro atoms. The number of rotatable bonds is 6. The van der Waals surface area contributed by atoms with Gasteiger partial charge in [-0.15, -0.1) is 0 Å². The minimum absolute atomic E-state index is 0.120. The fourth-order valence-corrected chi connectivity index (χ4v) is 2.81. The van der Waals surface area contributed by atoms with Crippen molar-refractivity contribution < 1.29 is 9.90 Å². The zero-order valence-corrected chi connectivity index (χ0v) is 14.8. The van der Waals surface area contributed by atoms with Crippen LogP contribution in [0.15, 0.2) is 48.5 Å². The standard InChI is InChI=1S/C20H26N2O2/c1-5-22(14(2)3)18-11-9-16(10-12-18)20(24)21-15(4)17-7-6-8-19(23)13-17/h6-15,23H,5H2,1-4H3,(H,21,24). The Balaban J connectivity index is 2.07. The topological polar surface area (TPSA) is 52.6 Å². The average molecular weight is 326 g/mol. The lowest BCUT2D eigenvalue weighted by Gasteiger charge is -2.27. The van der Waals surface area contributed by atoms with Crippen LogP contribution in [-0.2, 0) is 0 Å². The predicted octanol–water partition coefficient (Wildman–Crippen LogP) is 4.12. The van der Waals surface area contributed by atoms with Crippen molar-refractivity contribution >= 4 is 11.6 Å². The third-order valence-corrected chi connectivity index (χ3v) is 4.14. The maximum atomic E-state index is 12.4. The summed E-state index contributed by atoms with van der Waals surface area (Å²) in [6.07, 6.45) is 0. The van der Waals surface area contributed by atoms with Gasteiger partial charge in [-0.1, -0.05) is 12.1 Å². The van der Waals surface area contributed by atoms with Crippen LogP contribution in [0.2, 0.25) is 0 Å². The number of nitrogens with zero attached hydrogens (tertiary/aromatic N) is 1. The minimum atomic E-state index is -0.174. The first-order valence-corrected chi connectivity index (χ1v) is 8.39. The first kappa shape index (κ1) is 17.9. The van der Waals surface area contributed by atoms with Gasteiger partial charge in [-0.25, -0.2) is 0 Å². The summed E-state index contributed by atoms with van der Waals surface area (Å²) < 4.78 is 0. The molecule has 0 aliphatic carbocycles. The van der Waals surface area contributed by atoms with Crippen LogP contribution in [0.1, 0.15) is 49.7 Å². The average Bonchev–Trinajstić information content (AvgIpc) is 2.55. The Morgan fingerprint density at radius 2 is 1.79 bits per heavy atom. The SMILES string of the molecule is CCN(c1ccc(C(=O)NC(C)c2cccc(O)c2)cc1)C(C)C. The summed E-state index contributed by atoms with van der Waals surface area (Å²) >= 11 is 0. The predicted molar refractivity (Wildman–Crippen MR) is 98.6 cm³/mol. The number of carbonyl (C=O) groups is 1. The molecule has 0 radical (unpaired) electrons. The number of phenols is 1. The second-order valence-electron chi connectivity index (χ2n) is 6.22. The number of benzene rings is 2. The molecule has 2 N–H and O–H groups in total. The maximum absolute atomic E-state index is 12.4. The van der Waals surface area contributed by atoms with Crippen LogP contribution in [0, 0.1) is 0 Å². The van der Waals surface area contributed by atoms with Gasteiger partial charge in [0.25, 0.3) is 5.91 Å². The second kappa shape index (κ2) is 7.86. The Morgan fingerprint density at radius 3 is 2.33 bits per heavy atom. The van der Waals surface area contributed by atoms with E-state index in [-0.39, 0.29) is 17.7 Å². The van der Waals surface area contributed by atoms with E-state index >= 15 is 0 Å². The second-order valence-corrected chi connectivity index (χ2v) is 6.22. The van der Waals surface area contributed by atoms with E-state index in [1.807, 2.05) is 37.3 Å². The normalized spacial score (nSPS) is 12.0. The van der Waals surface area contributed by atoms with Gasteiger partial charge in [-0.3, -0.25) is 4.79 Å². The first-order valence-electron chi connectivity index (χ1n) is 8.39. The van der Waals surface area contributed by atoms with Crippen LogP contribution in [0.5, 0.6) is 5.75 Å². The molecule has 0 heterocycles. The van der Waals surface area contributed by atoms with E-state index in [0.29, 0.717) is 11.6 Å². The van der Waals surface area contributed by atoms with Gasteiger partial charge in [0.2, 0.25) is 0 Å². The molecule has 0 bridgehead atoms. The van der Waals surface area contributed by atoms with Gasteiger partial charge in [0.1, 0.15) is 5.75 Å². The fourth-order valence-electron chi connectivity index (χ4n) is 2.81. The van der Waals surface area contributed by atoms with Gasteiger partial charge < -0.3 is 15.3 Å². The van der Waals surface area contributed by atoms with Gasteiger partial charge in [-0.2, -0.15) is 0 Å². The van der Waals surface area contributed by atoms with E-state index in [1.54, 1.807) is 18.2 Å². The summed E-state index contributed by atoms with van der Waals surface area (Å²) in [6, 6.07) is 14.8. The van der Waals surface area contributed by atoms with E-state index < -0.39 is 0 Å². The monoisotopic (exact) mass is 326 g/mol. The van der Waals surface area contributed by atoms with Crippen LogP contribution in [0.25, 0.3) is 0 Å². The van der Waals surface area contributed by atoms with Gasteiger partial charge >= 0.3 is 0 Å². The Morgan fingerprint density at radius 1 is 1.12 bits per heavy atom. The summed E-state index contributed by atoms with van der Waals surface area (Å²) in [4.78, 5) is 14.7. The largest absolute Gasteiger partial charge is 0.508 e. The molecule has 0 saturated carbocycles. The van der Waals surface area contributed by atoms with Crippen molar-refractivity contribution in [1.29, 1.82) is 0 Å². The Bertz CT molecular complexity index is 680. The number of aromatic hydroxyl groups is 1. The number of amides is 1. The number of anilines is 1. The van der Waals surface area contributed by atoms with Crippen LogP contribution in [-0.4, -0.2) is 23.6 Å². The van der Waals surface area contributed by atoms with Gasteiger partial charge in [0.05, 0.1) is 6.04 Å². The summed E-state index contributed by atoms with van der Waals surface area (Å²) in [7, 11) is 0. The van der Waals surface area contributed by atoms with Crippen LogP contribution in [0.3, 0.4) is 0 Å². The van der Waals surface area contributed by atoms with Crippen LogP contribution in [0.4, 0.5) is 5.69 Å². The molecular weight excluding hydrogens is 300 g/mol. The molecule has 0 aliphatic heterocycles. The van der Waals surface area contributed by atoms with Crippen molar-refractivity contribution in [2.24, 2.45) is 0 Å². The van der Waals surface area contributed by atoms with Gasteiger partial charge in [0.15, 0.2) is 0 Å². The molecule has 2 rings (SSSR count). The Kier molecular flexibility index (Phi) is 5.85. The van der Waals surface area contributed by atoms with Crippen molar-refractivity contribution in [2.75, 3.05) is 11.4 Å². The van der Waals surface area contributed by atoms with E-state index in [4.69, 9.17) is 0 Å². The number of hydrogen-bond acceptors (Lipinski definition) is 3. The Hall–Kier alpha value is -2.49. The molecule has 2 aromatic carbocycles. The summed E-state index contributed by atoms with van der Waals surface area (Å²) in [6.45, 7) is 9.26. The molecule has 1 unspecified atom stereocenters.